The van der Waals surface area contributed by atoms with Crippen molar-refractivity contribution < 1.29 is 4.79 Å². The second kappa shape index (κ2) is 9.43. The summed E-state index contributed by atoms with van der Waals surface area (Å²) in [6.07, 6.45) is 0.842. The summed E-state index contributed by atoms with van der Waals surface area (Å²) in [5, 5.41) is 0.548. The van der Waals surface area contributed by atoms with Gasteiger partial charge < -0.3 is 4.90 Å². The van der Waals surface area contributed by atoms with Crippen molar-refractivity contribution in [2.75, 3.05) is 12.4 Å². The van der Waals surface area contributed by atoms with E-state index < -0.39 is 6.04 Å². The Morgan fingerprint density at radius 2 is 1.87 bits per heavy atom. The maximum Gasteiger partial charge on any atom is 0.266 e. The molecule has 0 bridgehead atoms. The van der Waals surface area contributed by atoms with Crippen LogP contribution in [-0.2, 0) is 4.79 Å². The first-order valence-electron chi connectivity index (χ1n) is 10.3. The van der Waals surface area contributed by atoms with Crippen molar-refractivity contribution in [1.82, 2.24) is 14.5 Å². The summed E-state index contributed by atoms with van der Waals surface area (Å²) >= 11 is 5.92. The number of aryl methyl sites for hydroxylation is 1. The molecule has 1 atom stereocenters. The van der Waals surface area contributed by atoms with E-state index in [1.807, 2.05) is 56.3 Å². The molecular weight excluding hydrogens is 398 g/mol. The third-order valence-electron chi connectivity index (χ3n) is 5.28. The summed E-state index contributed by atoms with van der Waals surface area (Å²) in [4.78, 5) is 32.7. The first kappa shape index (κ1) is 22.0. The van der Waals surface area contributed by atoms with Crippen molar-refractivity contribution in [3.05, 3.63) is 70.3 Å². The average molecular weight is 426 g/mol. The molecule has 0 spiro atoms. The van der Waals surface area contributed by atoms with E-state index in [1.165, 1.54) is 0 Å². The minimum atomic E-state index is -0.409. The second-order valence-corrected chi connectivity index (χ2v) is 8.31. The zero-order valence-corrected chi connectivity index (χ0v) is 18.7. The van der Waals surface area contributed by atoms with Gasteiger partial charge in [0.05, 0.1) is 22.6 Å². The lowest BCUT2D eigenvalue weighted by Crippen LogP contribution is -2.39. The Morgan fingerprint density at radius 3 is 2.53 bits per heavy atom. The molecule has 3 aromatic rings. The van der Waals surface area contributed by atoms with E-state index in [0.29, 0.717) is 29.2 Å². The molecule has 158 valence electrons. The van der Waals surface area contributed by atoms with Gasteiger partial charge in [0.1, 0.15) is 11.7 Å². The zero-order valence-electron chi connectivity index (χ0n) is 17.9. The molecular formula is C24H28ClN3O2. The summed E-state index contributed by atoms with van der Waals surface area (Å²) in [6, 6.07) is 14.6. The Balaban J connectivity index is 2.23. The maximum absolute atomic E-state index is 13.5. The molecule has 0 fully saturated rings. The number of carbonyl (C=O) groups excluding carboxylic acids is 1. The van der Waals surface area contributed by atoms with E-state index in [-0.39, 0.29) is 17.3 Å². The van der Waals surface area contributed by atoms with Crippen LogP contribution in [0.2, 0.25) is 0 Å². The van der Waals surface area contributed by atoms with Crippen LogP contribution in [0.25, 0.3) is 16.6 Å². The molecule has 1 amide bonds. The van der Waals surface area contributed by atoms with E-state index in [1.54, 1.807) is 15.5 Å². The van der Waals surface area contributed by atoms with Crippen molar-refractivity contribution >= 4 is 28.4 Å². The van der Waals surface area contributed by atoms with Gasteiger partial charge in [-0.15, -0.1) is 11.6 Å². The summed E-state index contributed by atoms with van der Waals surface area (Å²) in [5.74, 6) is 0.700. The van der Waals surface area contributed by atoms with Gasteiger partial charge in [-0.05, 0) is 56.0 Å². The Hall–Kier alpha value is -2.66. The normalized spacial score (nSPS) is 12.3. The summed E-state index contributed by atoms with van der Waals surface area (Å²) in [7, 11) is 0. The molecule has 30 heavy (non-hydrogen) atoms. The van der Waals surface area contributed by atoms with E-state index in [0.717, 1.165) is 17.7 Å². The third kappa shape index (κ3) is 4.57. The number of alkyl halides is 1. The highest BCUT2D eigenvalue weighted by Gasteiger charge is 2.26. The molecule has 0 saturated carbocycles. The number of para-hydroxylation sites is 1. The Morgan fingerprint density at radius 1 is 1.13 bits per heavy atom. The molecule has 0 aliphatic heterocycles. The maximum atomic E-state index is 13.5. The highest BCUT2D eigenvalue weighted by Crippen LogP contribution is 2.24. The second-order valence-electron chi connectivity index (χ2n) is 8.05. The molecule has 0 radical (unpaired) electrons. The van der Waals surface area contributed by atoms with Crippen LogP contribution in [0.3, 0.4) is 0 Å². The van der Waals surface area contributed by atoms with E-state index in [2.05, 4.69) is 13.8 Å². The number of carbonyl (C=O) groups is 1. The quantitative estimate of drug-likeness (QED) is 0.507. The number of hydrogen-bond donors (Lipinski definition) is 0. The Kier molecular flexibility index (Phi) is 6.93. The lowest BCUT2D eigenvalue weighted by atomic mass is 10.1. The number of rotatable bonds is 7. The molecule has 0 saturated heterocycles. The molecule has 0 aliphatic rings. The number of nitrogens with zero attached hydrogens (tertiary/aromatic N) is 3. The van der Waals surface area contributed by atoms with Crippen LogP contribution in [0.1, 0.15) is 44.6 Å². The van der Waals surface area contributed by atoms with Crippen LogP contribution in [0.4, 0.5) is 0 Å². The fourth-order valence-corrected chi connectivity index (χ4v) is 3.75. The van der Waals surface area contributed by atoms with Crippen molar-refractivity contribution in [3.8, 4) is 5.69 Å². The lowest BCUT2D eigenvalue weighted by molar-refractivity contribution is -0.131. The number of hydrogen-bond acceptors (Lipinski definition) is 3. The smallest absolute Gasteiger partial charge is 0.266 e. The summed E-state index contributed by atoms with van der Waals surface area (Å²) in [5.41, 5.74) is 2.26. The zero-order chi connectivity index (χ0) is 21.8. The van der Waals surface area contributed by atoms with Crippen LogP contribution >= 0.6 is 11.6 Å². The fourth-order valence-electron chi connectivity index (χ4n) is 3.59. The van der Waals surface area contributed by atoms with Gasteiger partial charge in [-0.1, -0.05) is 38.1 Å². The first-order chi connectivity index (χ1) is 14.3. The van der Waals surface area contributed by atoms with Gasteiger partial charge in [0.25, 0.3) is 5.56 Å². The first-order valence-corrected chi connectivity index (χ1v) is 10.8. The SMILES string of the molecule is Cc1cccc(-n2c([C@H](C)N(CCC(C)C)C(=O)CCl)nc3ccccc3c2=O)c1. The predicted molar refractivity (Wildman–Crippen MR) is 122 cm³/mol. The van der Waals surface area contributed by atoms with Crippen LogP contribution in [0, 0.1) is 12.8 Å². The molecule has 1 aromatic heterocycles. The molecule has 5 nitrogen and oxygen atoms in total. The lowest BCUT2D eigenvalue weighted by Gasteiger charge is -2.30. The molecule has 0 unspecified atom stereocenters. The summed E-state index contributed by atoms with van der Waals surface area (Å²) < 4.78 is 1.63. The van der Waals surface area contributed by atoms with Crippen molar-refractivity contribution in [3.63, 3.8) is 0 Å². The summed E-state index contributed by atoms with van der Waals surface area (Å²) in [6.45, 7) is 8.68. The molecule has 0 aliphatic carbocycles. The van der Waals surface area contributed by atoms with Crippen molar-refractivity contribution in [2.45, 2.75) is 40.2 Å². The topological polar surface area (TPSA) is 55.2 Å². The monoisotopic (exact) mass is 425 g/mol. The highest BCUT2D eigenvalue weighted by atomic mass is 35.5. The average Bonchev–Trinajstić information content (AvgIpc) is 2.73. The van der Waals surface area contributed by atoms with Crippen LogP contribution < -0.4 is 5.56 Å². The third-order valence-corrected chi connectivity index (χ3v) is 5.51. The van der Waals surface area contributed by atoms with Gasteiger partial charge in [0.2, 0.25) is 5.91 Å². The number of amides is 1. The molecule has 2 aromatic carbocycles. The minimum Gasteiger partial charge on any atom is -0.332 e. The number of fused-ring (bicyclic) bond motifs is 1. The van der Waals surface area contributed by atoms with Crippen LogP contribution in [-0.4, -0.2) is 32.8 Å². The molecule has 1 heterocycles. The van der Waals surface area contributed by atoms with Crippen molar-refractivity contribution in [2.24, 2.45) is 5.92 Å². The van der Waals surface area contributed by atoms with Crippen molar-refractivity contribution in [1.29, 1.82) is 0 Å². The Bertz CT molecular complexity index is 1110. The van der Waals surface area contributed by atoms with Gasteiger partial charge in [-0.25, -0.2) is 4.98 Å². The van der Waals surface area contributed by atoms with Gasteiger partial charge in [0.15, 0.2) is 0 Å². The molecule has 3 rings (SSSR count). The number of aromatic nitrogens is 2. The molecule has 6 heteroatoms. The van der Waals surface area contributed by atoms with E-state index in [4.69, 9.17) is 16.6 Å². The Labute approximate surface area is 182 Å². The predicted octanol–water partition coefficient (Wildman–Crippen LogP) is 4.87. The van der Waals surface area contributed by atoms with Crippen LogP contribution in [0.5, 0.6) is 0 Å². The number of halogens is 1. The van der Waals surface area contributed by atoms with Gasteiger partial charge in [-0.2, -0.15) is 0 Å². The fraction of sp³-hybridized carbons (Fsp3) is 0.375. The number of benzene rings is 2. The highest BCUT2D eigenvalue weighted by molar-refractivity contribution is 6.27. The van der Waals surface area contributed by atoms with Gasteiger partial charge in [0, 0.05) is 6.54 Å². The van der Waals surface area contributed by atoms with Gasteiger partial charge in [-0.3, -0.25) is 14.2 Å². The largest absolute Gasteiger partial charge is 0.332 e. The van der Waals surface area contributed by atoms with Crippen LogP contribution in [0.15, 0.2) is 53.3 Å². The van der Waals surface area contributed by atoms with E-state index >= 15 is 0 Å². The van der Waals surface area contributed by atoms with Gasteiger partial charge >= 0.3 is 0 Å². The molecule has 0 N–H and O–H groups in total. The van der Waals surface area contributed by atoms with E-state index in [9.17, 15) is 9.59 Å². The standard InChI is InChI=1S/C24H28ClN3O2/c1-16(2)12-13-27(22(29)15-25)18(4)23-26-21-11-6-5-10-20(21)24(30)28(23)19-9-7-8-17(3)14-19/h5-11,14,16,18H,12-13,15H2,1-4H3/t18-/m0/s1. The minimum absolute atomic E-state index is 0.106.